The van der Waals surface area contributed by atoms with E-state index in [2.05, 4.69) is 34.6 Å². The fraction of sp³-hybridized carbons (Fsp3) is 0.956. The van der Waals surface area contributed by atoms with Crippen molar-refractivity contribution in [2.75, 3.05) is 0 Å². The standard InChI is InChI=1S/C54H106O4.C36H70O4/c1-4-7-10-13-15-17-19-21-23-25-27-29-31-35-39-44-49-54(58,53(56)57)50-45-40-36-32-33-37-42-47-51(46-41-12-9-6-3)52(55)48-43-38-34-30-28-26-24-22-20-18-16-14-11-8-5-2;1-3-5-7-9-10-11-12-13-14-15-16-17-20-23-27-31-34(37)33(29-25-8-6-4-2)30-26-22-19-18-21-24-28-32-35(38)36(39)40/h51,58H,4-50H2,1-3H3,(H,56,57);33,35,38H,3-32H2,1-2H3,(H,39,40). The van der Waals surface area contributed by atoms with Crippen molar-refractivity contribution in [1.82, 2.24) is 0 Å². The molecule has 0 fully saturated rings. The van der Waals surface area contributed by atoms with Gasteiger partial charge >= 0.3 is 11.9 Å². The van der Waals surface area contributed by atoms with Gasteiger partial charge in [0, 0.05) is 24.7 Å². The second-order valence-corrected chi connectivity index (χ2v) is 31.7. The van der Waals surface area contributed by atoms with Gasteiger partial charge in [0.05, 0.1) is 0 Å². The highest BCUT2D eigenvalue weighted by molar-refractivity contribution is 5.81. The lowest BCUT2D eigenvalue weighted by Crippen LogP contribution is -2.38. The summed E-state index contributed by atoms with van der Waals surface area (Å²) in [5, 5.41) is 38.7. The van der Waals surface area contributed by atoms with E-state index in [0.717, 1.165) is 128 Å². The molecule has 0 saturated carbocycles. The molecule has 4 N–H and O–H groups in total. The third kappa shape index (κ3) is 72.5. The van der Waals surface area contributed by atoms with Gasteiger partial charge in [-0.2, -0.15) is 0 Å². The molecule has 0 saturated heterocycles. The lowest BCUT2D eigenvalue weighted by molar-refractivity contribution is -0.160. The number of ketones is 2. The number of carboxylic acid groups (broad SMARTS) is 2. The number of carbonyl (C=O) groups excluding carboxylic acids is 2. The zero-order valence-corrected chi connectivity index (χ0v) is 67.1. The largest absolute Gasteiger partial charge is 0.479 e. The molecule has 4 atom stereocenters. The molecule has 0 spiro atoms. The summed E-state index contributed by atoms with van der Waals surface area (Å²) in [6, 6.07) is 0. The molecule has 0 aliphatic rings. The second-order valence-electron chi connectivity index (χ2n) is 31.7. The molecule has 0 aliphatic carbocycles. The summed E-state index contributed by atoms with van der Waals surface area (Å²) in [5.41, 5.74) is -1.55. The predicted molar refractivity (Wildman–Crippen MR) is 427 cm³/mol. The molecule has 0 heterocycles. The van der Waals surface area contributed by atoms with Crippen molar-refractivity contribution in [3.05, 3.63) is 0 Å². The van der Waals surface area contributed by atoms with Crippen molar-refractivity contribution < 1.29 is 39.6 Å². The Morgan fingerprint density at radius 3 is 0.592 bits per heavy atom. The van der Waals surface area contributed by atoms with Crippen LogP contribution >= 0.6 is 0 Å². The highest BCUT2D eigenvalue weighted by Crippen LogP contribution is 2.28. The van der Waals surface area contributed by atoms with E-state index >= 15 is 0 Å². The Bertz CT molecular complexity index is 1620. The number of unbranched alkanes of at least 4 members (excludes halogenated alkanes) is 61. The number of Topliss-reactive ketones (excluding diaryl/α,β-unsaturated/α-hetero) is 2. The topological polar surface area (TPSA) is 149 Å². The molecular weight excluding hydrogens is 1210 g/mol. The van der Waals surface area contributed by atoms with Crippen LogP contribution in [0.3, 0.4) is 0 Å². The summed E-state index contributed by atoms with van der Waals surface area (Å²) in [4.78, 5) is 48.9. The van der Waals surface area contributed by atoms with E-state index in [1.807, 2.05) is 0 Å². The molecule has 8 heteroatoms. The second kappa shape index (κ2) is 80.9. The summed E-state index contributed by atoms with van der Waals surface area (Å²) in [7, 11) is 0. The van der Waals surface area contributed by atoms with E-state index in [1.54, 1.807) is 0 Å². The average molecular weight is 1390 g/mol. The number of rotatable bonds is 83. The molecule has 0 amide bonds. The van der Waals surface area contributed by atoms with Crippen LogP contribution in [0.4, 0.5) is 0 Å². The average Bonchev–Trinajstić information content (AvgIpc) is 0.962. The highest BCUT2D eigenvalue weighted by Gasteiger charge is 2.34. The Morgan fingerprint density at radius 1 is 0.235 bits per heavy atom. The number of carboxylic acids is 2. The first-order valence-electron chi connectivity index (χ1n) is 44.9. The molecule has 0 bridgehead atoms. The normalized spacial score (nSPS) is 13.1. The Hall–Kier alpha value is -1.80. The van der Waals surface area contributed by atoms with Gasteiger partial charge < -0.3 is 20.4 Å². The van der Waals surface area contributed by atoms with Crippen molar-refractivity contribution in [3.63, 3.8) is 0 Å². The van der Waals surface area contributed by atoms with Crippen LogP contribution in [0.2, 0.25) is 0 Å². The number of aliphatic hydroxyl groups excluding tert-OH is 1. The third-order valence-corrected chi connectivity index (χ3v) is 22.1. The number of carbonyl (C=O) groups is 4. The minimum atomic E-state index is -1.55. The van der Waals surface area contributed by atoms with E-state index in [9.17, 15) is 34.5 Å². The maximum absolute atomic E-state index is 13.3. The molecule has 584 valence electrons. The van der Waals surface area contributed by atoms with Crippen molar-refractivity contribution in [3.8, 4) is 0 Å². The molecule has 4 unspecified atom stereocenters. The monoisotopic (exact) mass is 1390 g/mol. The van der Waals surface area contributed by atoms with E-state index in [4.69, 9.17) is 5.11 Å². The molecule has 0 aromatic carbocycles. The summed E-state index contributed by atoms with van der Waals surface area (Å²) in [5.74, 6) is -0.530. The first-order chi connectivity index (χ1) is 47.9. The van der Waals surface area contributed by atoms with Gasteiger partial charge in [0.1, 0.15) is 11.6 Å². The fourth-order valence-electron chi connectivity index (χ4n) is 15.0. The summed E-state index contributed by atoms with van der Waals surface area (Å²) < 4.78 is 0. The van der Waals surface area contributed by atoms with Crippen molar-refractivity contribution in [2.45, 2.75) is 541 Å². The van der Waals surface area contributed by atoms with E-state index in [1.165, 1.54) is 347 Å². The van der Waals surface area contributed by atoms with Gasteiger partial charge in [-0.1, -0.05) is 446 Å². The van der Waals surface area contributed by atoms with Gasteiger partial charge in [-0.3, -0.25) is 9.59 Å². The van der Waals surface area contributed by atoms with Crippen LogP contribution in [0.25, 0.3) is 0 Å². The summed E-state index contributed by atoms with van der Waals surface area (Å²) in [6.45, 7) is 11.4. The fourth-order valence-corrected chi connectivity index (χ4v) is 15.0. The number of hydrogen-bond acceptors (Lipinski definition) is 6. The molecule has 0 rings (SSSR count). The minimum absolute atomic E-state index is 0.270. The quantitative estimate of drug-likeness (QED) is 0.0440. The van der Waals surface area contributed by atoms with Crippen LogP contribution in [-0.2, 0) is 19.2 Å². The molecule has 0 aromatic rings. The maximum Gasteiger partial charge on any atom is 0.335 e. The Kier molecular flexibility index (Phi) is 81.1. The van der Waals surface area contributed by atoms with E-state index in [-0.39, 0.29) is 11.8 Å². The first-order valence-corrected chi connectivity index (χ1v) is 44.9. The molecule has 0 aliphatic heterocycles. The molecule has 0 aromatic heterocycles. The lowest BCUT2D eigenvalue weighted by Gasteiger charge is -2.23. The number of aliphatic carboxylic acids is 2. The SMILES string of the molecule is CCCCCCCCCCCCCCCCCC(=O)C(CCCCCC)CCCCCCCCCC(O)C(=O)O.CCCCCCCCCCCCCCCCCCC(O)(CCCCCCCCCC(CCCCCC)C(=O)CCCCCCCCCCCCCCCCC)C(=O)O. The van der Waals surface area contributed by atoms with Crippen LogP contribution in [0.15, 0.2) is 0 Å². The number of aliphatic hydroxyl groups is 2. The highest BCUT2D eigenvalue weighted by atomic mass is 16.4. The summed E-state index contributed by atoms with van der Waals surface area (Å²) in [6.07, 6.45) is 92.5. The van der Waals surface area contributed by atoms with Gasteiger partial charge in [-0.25, -0.2) is 9.59 Å². The van der Waals surface area contributed by atoms with Gasteiger partial charge in [-0.05, 0) is 70.6 Å². The minimum Gasteiger partial charge on any atom is -0.479 e. The Balaban J connectivity index is 0. The first kappa shape index (κ1) is 98.3. The molecular formula is C90H176O8. The van der Waals surface area contributed by atoms with Crippen molar-refractivity contribution in [2.24, 2.45) is 11.8 Å². The smallest absolute Gasteiger partial charge is 0.335 e. The summed E-state index contributed by atoms with van der Waals surface area (Å²) >= 11 is 0. The zero-order chi connectivity index (χ0) is 72.0. The molecule has 8 nitrogen and oxygen atoms in total. The van der Waals surface area contributed by atoms with Gasteiger partial charge in [0.25, 0.3) is 0 Å². The van der Waals surface area contributed by atoms with Crippen LogP contribution in [0.1, 0.15) is 529 Å². The van der Waals surface area contributed by atoms with E-state index < -0.39 is 23.6 Å². The van der Waals surface area contributed by atoms with Crippen molar-refractivity contribution >= 4 is 23.5 Å². The van der Waals surface area contributed by atoms with Crippen molar-refractivity contribution in [1.29, 1.82) is 0 Å². The number of hydrogen-bond donors (Lipinski definition) is 4. The third-order valence-electron chi connectivity index (χ3n) is 22.1. The van der Waals surface area contributed by atoms with Crippen LogP contribution < -0.4 is 0 Å². The van der Waals surface area contributed by atoms with Crippen LogP contribution in [-0.4, -0.2) is 55.6 Å². The Morgan fingerprint density at radius 2 is 0.398 bits per heavy atom. The zero-order valence-electron chi connectivity index (χ0n) is 67.1. The van der Waals surface area contributed by atoms with E-state index in [0.29, 0.717) is 30.8 Å². The van der Waals surface area contributed by atoms with Gasteiger partial charge in [-0.15, -0.1) is 0 Å². The van der Waals surface area contributed by atoms with Gasteiger partial charge in [0.15, 0.2) is 11.7 Å². The lowest BCUT2D eigenvalue weighted by atomic mass is 9.88. The van der Waals surface area contributed by atoms with Crippen LogP contribution in [0, 0.1) is 11.8 Å². The van der Waals surface area contributed by atoms with Gasteiger partial charge in [0.2, 0.25) is 0 Å². The Labute approximate surface area is 612 Å². The van der Waals surface area contributed by atoms with Crippen LogP contribution in [0.5, 0.6) is 0 Å². The maximum atomic E-state index is 13.3. The molecule has 98 heavy (non-hydrogen) atoms. The predicted octanol–water partition coefficient (Wildman–Crippen LogP) is 29.7. The molecule has 0 radical (unpaired) electrons.